The van der Waals surface area contributed by atoms with Gasteiger partial charge in [0, 0.05) is 31.2 Å². The van der Waals surface area contributed by atoms with Crippen LogP contribution >= 0.6 is 0 Å². The van der Waals surface area contributed by atoms with Gasteiger partial charge in [-0.2, -0.15) is 0 Å². The number of hydrogen-bond donors (Lipinski definition) is 1. The molecule has 2 aliphatic carbocycles. The van der Waals surface area contributed by atoms with Gasteiger partial charge in [0.15, 0.2) is 0 Å². The van der Waals surface area contributed by atoms with E-state index in [1.54, 1.807) is 0 Å². The first-order valence-electron chi connectivity index (χ1n) is 8.69. The van der Waals surface area contributed by atoms with E-state index in [0.717, 1.165) is 17.9 Å². The second-order valence-corrected chi connectivity index (χ2v) is 7.64. The summed E-state index contributed by atoms with van der Waals surface area (Å²) in [6, 6.07) is 0.883. The Hall–Kier alpha value is -0.0800. The monoisotopic (exact) mass is 264 g/mol. The molecule has 2 unspecified atom stereocenters. The van der Waals surface area contributed by atoms with Crippen molar-refractivity contribution in [1.29, 1.82) is 0 Å². The van der Waals surface area contributed by atoms with Crippen LogP contribution in [0, 0.1) is 11.8 Å². The Morgan fingerprint density at radius 1 is 1.05 bits per heavy atom. The number of nitrogens with one attached hydrogen (secondary N) is 1. The maximum atomic E-state index is 3.87. The molecular weight excluding hydrogens is 232 g/mol. The molecule has 0 aromatic heterocycles. The summed E-state index contributed by atoms with van der Waals surface area (Å²) in [6.07, 6.45) is 11.6. The number of rotatable bonds is 2. The minimum absolute atomic E-state index is 0.497. The molecule has 1 N–H and O–H groups in total. The maximum Gasteiger partial charge on any atom is 0.0309 e. The minimum Gasteiger partial charge on any atom is -0.309 e. The van der Waals surface area contributed by atoms with E-state index in [0.29, 0.717) is 5.54 Å². The van der Waals surface area contributed by atoms with Crippen molar-refractivity contribution < 1.29 is 0 Å². The third-order valence-electron chi connectivity index (χ3n) is 6.07. The van der Waals surface area contributed by atoms with Gasteiger partial charge in [0.25, 0.3) is 0 Å². The molecular formula is C17H32N2. The molecule has 1 aliphatic heterocycles. The Balaban J connectivity index is 1.69. The number of hydrogen-bond acceptors (Lipinski definition) is 2. The van der Waals surface area contributed by atoms with E-state index >= 15 is 0 Å². The third kappa shape index (κ3) is 2.85. The fourth-order valence-corrected chi connectivity index (χ4v) is 5.03. The highest BCUT2D eigenvalue weighted by atomic mass is 15.2. The van der Waals surface area contributed by atoms with Crippen molar-refractivity contribution in [3.05, 3.63) is 0 Å². The second-order valence-electron chi connectivity index (χ2n) is 7.64. The maximum absolute atomic E-state index is 3.87. The Bertz CT molecular complexity index is 294. The molecule has 2 atom stereocenters. The molecule has 0 bridgehead atoms. The SMILES string of the molecule is CC(C)C1CCCCC1N1CCNC2(CCCC2)C1. The van der Waals surface area contributed by atoms with Gasteiger partial charge in [-0.05, 0) is 37.5 Å². The fourth-order valence-electron chi connectivity index (χ4n) is 5.03. The quantitative estimate of drug-likeness (QED) is 0.822. The molecule has 0 aromatic rings. The zero-order valence-electron chi connectivity index (χ0n) is 13.0. The third-order valence-corrected chi connectivity index (χ3v) is 6.07. The zero-order valence-corrected chi connectivity index (χ0v) is 13.0. The van der Waals surface area contributed by atoms with E-state index in [-0.39, 0.29) is 0 Å². The van der Waals surface area contributed by atoms with E-state index in [4.69, 9.17) is 0 Å². The summed E-state index contributed by atoms with van der Waals surface area (Å²) in [5.74, 6) is 1.81. The predicted octanol–water partition coefficient (Wildman–Crippen LogP) is 3.42. The number of nitrogens with zero attached hydrogens (tertiary/aromatic N) is 1. The first-order chi connectivity index (χ1) is 9.20. The average Bonchev–Trinajstić information content (AvgIpc) is 2.86. The lowest BCUT2D eigenvalue weighted by molar-refractivity contribution is 0.0307. The summed E-state index contributed by atoms with van der Waals surface area (Å²) in [7, 11) is 0. The average molecular weight is 264 g/mol. The smallest absolute Gasteiger partial charge is 0.0309 e. The van der Waals surface area contributed by atoms with Gasteiger partial charge in [-0.3, -0.25) is 4.90 Å². The summed E-state index contributed by atoms with van der Waals surface area (Å²) in [4.78, 5) is 2.88. The Morgan fingerprint density at radius 3 is 2.53 bits per heavy atom. The molecule has 3 fully saturated rings. The molecule has 110 valence electrons. The van der Waals surface area contributed by atoms with Crippen molar-refractivity contribution in [2.45, 2.75) is 76.8 Å². The van der Waals surface area contributed by atoms with E-state index < -0.39 is 0 Å². The molecule has 2 nitrogen and oxygen atoms in total. The van der Waals surface area contributed by atoms with E-state index in [1.165, 1.54) is 71.0 Å². The standard InChI is InChI=1S/C17H32N2/c1-14(2)15-7-3-4-8-16(15)19-12-11-18-17(13-19)9-5-6-10-17/h14-16,18H,3-13H2,1-2H3. The lowest BCUT2D eigenvalue weighted by Crippen LogP contribution is -2.62. The predicted molar refractivity (Wildman–Crippen MR) is 81.4 cm³/mol. The minimum atomic E-state index is 0.497. The van der Waals surface area contributed by atoms with Crippen LogP contribution in [0.25, 0.3) is 0 Å². The highest BCUT2D eigenvalue weighted by Crippen LogP contribution is 2.38. The van der Waals surface area contributed by atoms with Gasteiger partial charge in [0.1, 0.15) is 0 Å². The van der Waals surface area contributed by atoms with E-state index in [2.05, 4.69) is 24.1 Å². The van der Waals surface area contributed by atoms with Crippen LogP contribution in [0.2, 0.25) is 0 Å². The first-order valence-corrected chi connectivity index (χ1v) is 8.69. The number of piperazine rings is 1. The lowest BCUT2D eigenvalue weighted by atomic mass is 9.76. The largest absolute Gasteiger partial charge is 0.309 e. The molecule has 0 amide bonds. The van der Waals surface area contributed by atoms with Crippen LogP contribution in [-0.4, -0.2) is 36.1 Å². The highest BCUT2D eigenvalue weighted by Gasteiger charge is 2.41. The summed E-state index contributed by atoms with van der Waals surface area (Å²) in [5, 5.41) is 3.87. The molecule has 3 aliphatic rings. The van der Waals surface area contributed by atoms with Gasteiger partial charge in [-0.15, -0.1) is 0 Å². The van der Waals surface area contributed by atoms with Gasteiger partial charge < -0.3 is 5.32 Å². The molecule has 0 radical (unpaired) electrons. The molecule has 1 spiro atoms. The summed E-state index contributed by atoms with van der Waals surface area (Å²) < 4.78 is 0. The molecule has 19 heavy (non-hydrogen) atoms. The Morgan fingerprint density at radius 2 is 1.79 bits per heavy atom. The second kappa shape index (κ2) is 5.73. The van der Waals surface area contributed by atoms with Crippen molar-refractivity contribution in [2.75, 3.05) is 19.6 Å². The summed E-state index contributed by atoms with van der Waals surface area (Å²) >= 11 is 0. The first kappa shape index (κ1) is 13.9. The Labute approximate surface area is 119 Å². The molecule has 1 heterocycles. The van der Waals surface area contributed by atoms with Crippen molar-refractivity contribution in [1.82, 2.24) is 10.2 Å². The van der Waals surface area contributed by atoms with Crippen LogP contribution in [0.15, 0.2) is 0 Å². The fraction of sp³-hybridized carbons (Fsp3) is 1.00. The summed E-state index contributed by atoms with van der Waals surface area (Å²) in [6.45, 7) is 8.73. The van der Waals surface area contributed by atoms with Gasteiger partial charge in [0.2, 0.25) is 0 Å². The normalized spacial score (nSPS) is 36.2. The van der Waals surface area contributed by atoms with Gasteiger partial charge in [-0.1, -0.05) is 39.5 Å². The van der Waals surface area contributed by atoms with Crippen LogP contribution in [0.5, 0.6) is 0 Å². The molecule has 1 saturated heterocycles. The van der Waals surface area contributed by atoms with Gasteiger partial charge >= 0.3 is 0 Å². The Kier molecular flexibility index (Phi) is 4.19. The van der Waals surface area contributed by atoms with Crippen LogP contribution < -0.4 is 5.32 Å². The van der Waals surface area contributed by atoms with Crippen LogP contribution in [0.4, 0.5) is 0 Å². The zero-order chi connectivity index (χ0) is 13.3. The molecule has 2 saturated carbocycles. The van der Waals surface area contributed by atoms with E-state index in [1.807, 2.05) is 0 Å². The molecule has 0 aromatic carbocycles. The van der Waals surface area contributed by atoms with Crippen molar-refractivity contribution in [3.8, 4) is 0 Å². The summed E-state index contributed by atoms with van der Waals surface area (Å²) in [5.41, 5.74) is 0.497. The van der Waals surface area contributed by atoms with Crippen molar-refractivity contribution >= 4 is 0 Å². The van der Waals surface area contributed by atoms with Crippen molar-refractivity contribution in [2.24, 2.45) is 11.8 Å². The van der Waals surface area contributed by atoms with E-state index in [9.17, 15) is 0 Å². The molecule has 3 rings (SSSR count). The van der Waals surface area contributed by atoms with Crippen LogP contribution in [-0.2, 0) is 0 Å². The van der Waals surface area contributed by atoms with Crippen LogP contribution in [0.1, 0.15) is 65.2 Å². The van der Waals surface area contributed by atoms with Gasteiger partial charge in [-0.25, -0.2) is 0 Å². The topological polar surface area (TPSA) is 15.3 Å². The van der Waals surface area contributed by atoms with Gasteiger partial charge in [0.05, 0.1) is 0 Å². The molecule has 2 heteroatoms. The lowest BCUT2D eigenvalue weighted by Gasteiger charge is -2.49. The van der Waals surface area contributed by atoms with Crippen molar-refractivity contribution in [3.63, 3.8) is 0 Å². The highest BCUT2D eigenvalue weighted by molar-refractivity contribution is 5.00. The van der Waals surface area contributed by atoms with Crippen LogP contribution in [0.3, 0.4) is 0 Å².